The topological polar surface area (TPSA) is 111 Å². The fraction of sp³-hybridized carbons (Fsp3) is 0.200. The highest BCUT2D eigenvalue weighted by Gasteiger charge is 2.28. The summed E-state index contributed by atoms with van der Waals surface area (Å²) in [5.41, 5.74) is 2.60. The van der Waals surface area contributed by atoms with E-state index in [2.05, 4.69) is 31.0 Å². The number of fused-ring (bicyclic) bond motifs is 1. The van der Waals surface area contributed by atoms with Crippen LogP contribution in [0.25, 0.3) is 22.3 Å². The molecule has 3 heterocycles. The van der Waals surface area contributed by atoms with E-state index in [0.717, 1.165) is 17.0 Å². The largest absolute Gasteiger partial charge is 0.346 e. The predicted molar refractivity (Wildman–Crippen MR) is 110 cm³/mol. The Balaban J connectivity index is 2.09. The number of nitrogens with one attached hydrogen (secondary N) is 1. The highest BCUT2D eigenvalue weighted by atomic mass is 32.2. The third-order valence-corrected chi connectivity index (χ3v) is 5.49. The Bertz CT molecular complexity index is 1180. The van der Waals surface area contributed by atoms with Crippen LogP contribution in [0.4, 0.5) is 5.82 Å². The molecule has 0 bridgehead atoms. The molecule has 0 aliphatic heterocycles. The Morgan fingerprint density at radius 3 is 2.69 bits per heavy atom. The number of anilines is 1. The van der Waals surface area contributed by atoms with Gasteiger partial charge in [-0.15, -0.1) is 0 Å². The molecule has 0 spiro atoms. The molecule has 8 nitrogen and oxygen atoms in total. The third-order valence-electron chi connectivity index (χ3n) is 4.14. The summed E-state index contributed by atoms with van der Waals surface area (Å²) in [6, 6.07) is 9.17. The van der Waals surface area contributed by atoms with Gasteiger partial charge in [-0.3, -0.25) is 14.8 Å². The Hall–Kier alpha value is -3.33. The van der Waals surface area contributed by atoms with Crippen molar-refractivity contribution in [2.75, 3.05) is 5.32 Å². The maximum Gasteiger partial charge on any atom is 0.336 e. The summed E-state index contributed by atoms with van der Waals surface area (Å²) in [5, 5.41) is 2.14. The molecule has 1 unspecified atom stereocenters. The highest BCUT2D eigenvalue weighted by molar-refractivity contribution is 7.88. The molecule has 0 fully saturated rings. The zero-order valence-electron chi connectivity index (χ0n) is 16.0. The van der Waals surface area contributed by atoms with E-state index >= 15 is 0 Å². The van der Waals surface area contributed by atoms with E-state index in [4.69, 9.17) is 0 Å². The van der Waals surface area contributed by atoms with Crippen molar-refractivity contribution in [2.45, 2.75) is 25.6 Å². The van der Waals surface area contributed by atoms with E-state index in [1.807, 2.05) is 31.2 Å². The second-order valence-electron chi connectivity index (χ2n) is 6.20. The number of carbonyl (C=O) groups is 1. The van der Waals surface area contributed by atoms with Crippen LogP contribution in [-0.2, 0) is 19.1 Å². The number of hydrogen-bond donors (Lipinski definition) is 1. The second kappa shape index (κ2) is 8.36. The van der Waals surface area contributed by atoms with Crippen molar-refractivity contribution in [3.05, 3.63) is 60.9 Å². The quantitative estimate of drug-likeness (QED) is 0.465. The van der Waals surface area contributed by atoms with Crippen LogP contribution in [0.5, 0.6) is 0 Å². The maximum atomic E-state index is 12.4. The van der Waals surface area contributed by atoms with Crippen molar-refractivity contribution in [1.82, 2.24) is 15.0 Å². The first-order valence-corrected chi connectivity index (χ1v) is 10.4. The Morgan fingerprint density at radius 2 is 2.00 bits per heavy atom. The normalized spacial score (nSPS) is 12.3. The van der Waals surface area contributed by atoms with Crippen LogP contribution in [0.2, 0.25) is 0 Å². The lowest BCUT2D eigenvalue weighted by Gasteiger charge is -2.17. The van der Waals surface area contributed by atoms with E-state index < -0.39 is 21.5 Å². The van der Waals surface area contributed by atoms with Crippen molar-refractivity contribution in [2.24, 2.45) is 0 Å². The van der Waals surface area contributed by atoms with Gasteiger partial charge in [0.15, 0.2) is 11.2 Å². The van der Waals surface area contributed by atoms with E-state index in [9.17, 15) is 13.2 Å². The van der Waals surface area contributed by atoms with E-state index in [-0.39, 0.29) is 12.2 Å². The Morgan fingerprint density at radius 1 is 1.28 bits per heavy atom. The van der Waals surface area contributed by atoms with Crippen LogP contribution < -0.4 is 5.32 Å². The monoisotopic (exact) mass is 412 g/mol. The van der Waals surface area contributed by atoms with Crippen LogP contribution in [0.15, 0.2) is 55.4 Å². The van der Waals surface area contributed by atoms with Gasteiger partial charge < -0.3 is 9.50 Å². The minimum Gasteiger partial charge on any atom is -0.346 e. The fourth-order valence-electron chi connectivity index (χ4n) is 2.68. The number of pyridine rings is 3. The lowest BCUT2D eigenvalue weighted by Crippen LogP contribution is -2.31. The lowest BCUT2D eigenvalue weighted by atomic mass is 10.1. The average Bonchev–Trinajstić information content (AvgIpc) is 2.71. The van der Waals surface area contributed by atoms with Crippen LogP contribution in [0, 0.1) is 6.92 Å². The van der Waals surface area contributed by atoms with Gasteiger partial charge >= 0.3 is 16.1 Å². The Labute approximate surface area is 168 Å². The van der Waals surface area contributed by atoms with Gasteiger partial charge in [0.25, 0.3) is 0 Å². The number of nitrogens with zero attached hydrogens (tertiary/aromatic N) is 3. The molecule has 3 aromatic rings. The zero-order valence-corrected chi connectivity index (χ0v) is 16.8. The molecule has 150 valence electrons. The van der Waals surface area contributed by atoms with Crippen molar-refractivity contribution >= 4 is 32.8 Å². The predicted octanol–water partition coefficient (Wildman–Crippen LogP) is 3.21. The number of rotatable bonds is 7. The summed E-state index contributed by atoms with van der Waals surface area (Å²) in [6.45, 7) is 6.95. The van der Waals surface area contributed by atoms with E-state index in [0.29, 0.717) is 16.9 Å². The van der Waals surface area contributed by atoms with Gasteiger partial charge in [-0.1, -0.05) is 31.7 Å². The average molecular weight is 412 g/mol. The first kappa shape index (κ1) is 20.4. The molecule has 0 aliphatic rings. The summed E-state index contributed by atoms with van der Waals surface area (Å²) in [6.07, 6.45) is 4.30. The van der Waals surface area contributed by atoms with E-state index in [1.165, 1.54) is 6.92 Å². The molecule has 1 atom stereocenters. The first-order valence-electron chi connectivity index (χ1n) is 8.88. The molecule has 3 rings (SSSR count). The molecule has 3 aromatic heterocycles. The molecule has 0 radical (unpaired) electrons. The maximum absolute atomic E-state index is 12.4. The molecule has 9 heteroatoms. The summed E-state index contributed by atoms with van der Waals surface area (Å²) in [5.74, 6) is -0.642. The minimum atomic E-state index is -4.30. The van der Waals surface area contributed by atoms with Gasteiger partial charge in [0.1, 0.15) is 5.52 Å². The Kier molecular flexibility index (Phi) is 5.88. The van der Waals surface area contributed by atoms with Gasteiger partial charge in [-0.2, -0.15) is 8.42 Å². The number of carbonyl (C=O) groups excluding carboxylic acids is 1. The highest BCUT2D eigenvalue weighted by Crippen LogP contribution is 2.28. The van der Waals surface area contributed by atoms with Crippen molar-refractivity contribution < 1.29 is 17.4 Å². The second-order valence-corrected chi connectivity index (χ2v) is 7.86. The molecule has 0 saturated carbocycles. The lowest BCUT2D eigenvalue weighted by molar-refractivity contribution is -0.133. The molecule has 0 aromatic carbocycles. The third kappa shape index (κ3) is 4.40. The van der Waals surface area contributed by atoms with Gasteiger partial charge in [0.05, 0.1) is 11.4 Å². The SMILES string of the molecule is C=CC(Nc1nc(-c2ncccc2C)cc2cccnc12)S(=O)(=O)OC(=O)CC. The summed E-state index contributed by atoms with van der Waals surface area (Å²) in [4.78, 5) is 24.7. The first-order chi connectivity index (χ1) is 13.9. The summed E-state index contributed by atoms with van der Waals surface area (Å²) < 4.78 is 29.5. The minimum absolute atomic E-state index is 0.0692. The van der Waals surface area contributed by atoms with Gasteiger partial charge in [-0.05, 0) is 30.7 Å². The molecule has 0 saturated heterocycles. The molecule has 0 aliphatic carbocycles. The number of hydrogen-bond acceptors (Lipinski definition) is 8. The van der Waals surface area contributed by atoms with Crippen LogP contribution in [0.1, 0.15) is 18.9 Å². The molecule has 1 N–H and O–H groups in total. The van der Waals surface area contributed by atoms with Crippen LogP contribution in [-0.4, -0.2) is 34.7 Å². The van der Waals surface area contributed by atoms with Crippen molar-refractivity contribution in [1.29, 1.82) is 0 Å². The van der Waals surface area contributed by atoms with Crippen LogP contribution >= 0.6 is 0 Å². The zero-order chi connectivity index (χ0) is 21.0. The van der Waals surface area contributed by atoms with Crippen molar-refractivity contribution in [3.8, 4) is 11.4 Å². The van der Waals surface area contributed by atoms with Gasteiger partial charge in [-0.25, -0.2) is 4.98 Å². The standard InChI is InChI=1S/C20H20N4O4S/c1-4-16(29(26,27)28-17(25)5-2)24-20-19-14(9-7-11-22-19)12-15(23-20)18-13(3)8-6-10-21-18/h4,6-12,16H,1,5H2,2-3H3,(H,23,24). The molecule has 0 amide bonds. The van der Waals surface area contributed by atoms with Gasteiger partial charge in [0, 0.05) is 24.2 Å². The summed E-state index contributed by atoms with van der Waals surface area (Å²) >= 11 is 0. The summed E-state index contributed by atoms with van der Waals surface area (Å²) in [7, 11) is -4.30. The fourth-order valence-corrected chi connectivity index (χ4v) is 3.66. The smallest absolute Gasteiger partial charge is 0.336 e. The molecular weight excluding hydrogens is 392 g/mol. The number of aryl methyl sites for hydroxylation is 1. The molecular formula is C20H20N4O4S. The van der Waals surface area contributed by atoms with Crippen molar-refractivity contribution in [3.63, 3.8) is 0 Å². The van der Waals surface area contributed by atoms with Crippen LogP contribution in [0.3, 0.4) is 0 Å². The van der Waals surface area contributed by atoms with E-state index in [1.54, 1.807) is 18.5 Å². The van der Waals surface area contributed by atoms with Gasteiger partial charge in [0.2, 0.25) is 0 Å². The number of aromatic nitrogens is 3. The molecule has 29 heavy (non-hydrogen) atoms.